The molecule has 2 aromatic carbocycles. The lowest BCUT2D eigenvalue weighted by molar-refractivity contribution is -0.136. The van der Waals surface area contributed by atoms with E-state index in [-0.39, 0.29) is 11.8 Å². The number of fused-ring (bicyclic) bond motifs is 1. The van der Waals surface area contributed by atoms with Crippen molar-refractivity contribution in [3.05, 3.63) is 42.0 Å². The molecule has 2 fully saturated rings. The summed E-state index contributed by atoms with van der Waals surface area (Å²) in [5.41, 5.74) is 1.10. The van der Waals surface area contributed by atoms with E-state index >= 15 is 0 Å². The monoisotopic (exact) mass is 454 g/mol. The molecule has 2 heterocycles. The average Bonchev–Trinajstić information content (AvgIpc) is 2.84. The smallest absolute Gasteiger partial charge is 0.236 e. The maximum Gasteiger partial charge on any atom is 0.236 e. The van der Waals surface area contributed by atoms with Crippen LogP contribution in [0.2, 0.25) is 0 Å². The molecule has 0 saturated carbocycles. The molecule has 2 saturated heterocycles. The zero-order valence-electron chi connectivity index (χ0n) is 19.7. The molecular weight excluding hydrogens is 420 g/mol. The minimum absolute atomic E-state index is 0.0953. The number of nitrogens with zero attached hydrogens (tertiary/aromatic N) is 4. The number of hydrogen-bond acceptors (Lipinski definition) is 6. The predicted molar refractivity (Wildman–Crippen MR) is 127 cm³/mol. The Hall–Kier alpha value is -2.68. The van der Waals surface area contributed by atoms with Gasteiger partial charge in [0.25, 0.3) is 0 Å². The Labute approximate surface area is 195 Å². The molecule has 8 heteroatoms. The van der Waals surface area contributed by atoms with Crippen molar-refractivity contribution in [2.75, 3.05) is 79.7 Å². The lowest BCUT2D eigenvalue weighted by atomic mass is 10.1. The van der Waals surface area contributed by atoms with Gasteiger partial charge in [0.15, 0.2) is 0 Å². The van der Waals surface area contributed by atoms with Gasteiger partial charge in [0.2, 0.25) is 11.8 Å². The lowest BCUT2D eigenvalue weighted by Gasteiger charge is -2.36. The lowest BCUT2D eigenvalue weighted by Crippen LogP contribution is -2.53. The summed E-state index contributed by atoms with van der Waals surface area (Å²) in [5, 5.41) is 2.25. The van der Waals surface area contributed by atoms with Gasteiger partial charge in [0, 0.05) is 52.9 Å². The fourth-order valence-corrected chi connectivity index (χ4v) is 4.38. The third kappa shape index (κ3) is 6.22. The number of benzene rings is 2. The molecule has 0 bridgehead atoms. The maximum atomic E-state index is 12.8. The van der Waals surface area contributed by atoms with Gasteiger partial charge in [-0.15, -0.1) is 0 Å². The third-order valence-electron chi connectivity index (χ3n) is 6.50. The Morgan fingerprint density at radius 3 is 2.30 bits per heavy atom. The van der Waals surface area contributed by atoms with Crippen LogP contribution in [0.1, 0.15) is 5.56 Å². The molecule has 4 rings (SSSR count). The van der Waals surface area contributed by atoms with Gasteiger partial charge in [-0.2, -0.15) is 0 Å². The van der Waals surface area contributed by atoms with Crippen LogP contribution < -0.4 is 4.74 Å². The van der Waals surface area contributed by atoms with E-state index in [2.05, 4.69) is 28.0 Å². The van der Waals surface area contributed by atoms with E-state index in [4.69, 9.17) is 9.47 Å². The second kappa shape index (κ2) is 11.0. The van der Waals surface area contributed by atoms with E-state index in [0.29, 0.717) is 45.9 Å². The number of carbonyl (C=O) groups is 2. The molecule has 8 nitrogen and oxygen atoms in total. The molecule has 0 aliphatic carbocycles. The molecule has 2 aliphatic heterocycles. The summed E-state index contributed by atoms with van der Waals surface area (Å²) in [7, 11) is 3.52. The fourth-order valence-electron chi connectivity index (χ4n) is 4.38. The molecule has 178 valence electrons. The van der Waals surface area contributed by atoms with Crippen LogP contribution in [0.15, 0.2) is 36.4 Å². The van der Waals surface area contributed by atoms with Crippen LogP contribution in [0.25, 0.3) is 10.8 Å². The molecule has 2 aliphatic rings. The zero-order chi connectivity index (χ0) is 23.2. The topological polar surface area (TPSA) is 65.6 Å². The number of ether oxygens (including phenoxy) is 2. The second-order valence-corrected chi connectivity index (χ2v) is 8.84. The molecule has 0 aromatic heterocycles. The number of rotatable bonds is 7. The van der Waals surface area contributed by atoms with Crippen molar-refractivity contribution >= 4 is 22.6 Å². The van der Waals surface area contributed by atoms with Crippen molar-refractivity contribution in [1.29, 1.82) is 0 Å². The summed E-state index contributed by atoms with van der Waals surface area (Å²) in [6.45, 7) is 7.25. The first-order chi connectivity index (χ1) is 16.0. The van der Waals surface area contributed by atoms with Crippen molar-refractivity contribution in [3.8, 4) is 5.75 Å². The standard InChI is InChI=1S/C25H34N4O4/c1-26(17-20-3-4-22-16-23(32-2)6-5-21(22)15-20)24(30)18-27-7-9-29(10-8-27)25(31)19-28-11-13-33-14-12-28/h3-6,15-16H,7-14,17-19H2,1-2H3. The minimum atomic E-state index is 0.0953. The van der Waals surface area contributed by atoms with Gasteiger partial charge in [-0.3, -0.25) is 19.4 Å². The van der Waals surface area contributed by atoms with E-state index in [1.165, 1.54) is 0 Å². The molecule has 0 N–H and O–H groups in total. The van der Waals surface area contributed by atoms with Crippen LogP contribution in [0.5, 0.6) is 5.75 Å². The Morgan fingerprint density at radius 2 is 1.58 bits per heavy atom. The van der Waals surface area contributed by atoms with Crippen LogP contribution in [-0.4, -0.2) is 111 Å². The van der Waals surface area contributed by atoms with E-state index in [0.717, 1.165) is 48.3 Å². The van der Waals surface area contributed by atoms with Gasteiger partial charge in [0.1, 0.15) is 5.75 Å². The maximum absolute atomic E-state index is 12.8. The SMILES string of the molecule is COc1ccc2cc(CN(C)C(=O)CN3CCN(C(=O)CN4CCOCC4)CC3)ccc2c1. The largest absolute Gasteiger partial charge is 0.497 e. The highest BCUT2D eigenvalue weighted by molar-refractivity contribution is 5.85. The summed E-state index contributed by atoms with van der Waals surface area (Å²) in [6, 6.07) is 12.3. The Bertz CT molecular complexity index is 968. The van der Waals surface area contributed by atoms with Crippen molar-refractivity contribution in [2.45, 2.75) is 6.54 Å². The molecule has 33 heavy (non-hydrogen) atoms. The van der Waals surface area contributed by atoms with Crippen LogP contribution in [0.3, 0.4) is 0 Å². The van der Waals surface area contributed by atoms with Crippen molar-refractivity contribution in [1.82, 2.24) is 19.6 Å². The zero-order valence-corrected chi connectivity index (χ0v) is 19.7. The van der Waals surface area contributed by atoms with Gasteiger partial charge in [-0.05, 0) is 34.5 Å². The van der Waals surface area contributed by atoms with E-state index in [9.17, 15) is 9.59 Å². The van der Waals surface area contributed by atoms with E-state index in [1.807, 2.05) is 30.1 Å². The number of hydrogen-bond donors (Lipinski definition) is 0. The van der Waals surface area contributed by atoms with Gasteiger partial charge < -0.3 is 19.3 Å². The minimum Gasteiger partial charge on any atom is -0.497 e. The van der Waals surface area contributed by atoms with Gasteiger partial charge in [-0.1, -0.05) is 18.2 Å². The first kappa shape index (κ1) is 23.5. The Kier molecular flexibility index (Phi) is 7.80. The number of likely N-dealkylation sites (N-methyl/N-ethyl adjacent to an activating group) is 1. The van der Waals surface area contributed by atoms with Crippen LogP contribution in [0, 0.1) is 0 Å². The average molecular weight is 455 g/mol. The van der Waals surface area contributed by atoms with Crippen molar-refractivity contribution in [2.24, 2.45) is 0 Å². The first-order valence-electron chi connectivity index (χ1n) is 11.6. The molecule has 2 amide bonds. The first-order valence-corrected chi connectivity index (χ1v) is 11.6. The number of methoxy groups -OCH3 is 1. The number of carbonyl (C=O) groups excluding carboxylic acids is 2. The highest BCUT2D eigenvalue weighted by atomic mass is 16.5. The number of piperazine rings is 1. The van der Waals surface area contributed by atoms with Gasteiger partial charge in [0.05, 0.1) is 33.4 Å². The highest BCUT2D eigenvalue weighted by Gasteiger charge is 2.25. The van der Waals surface area contributed by atoms with E-state index < -0.39 is 0 Å². The summed E-state index contributed by atoms with van der Waals surface area (Å²) in [6.07, 6.45) is 0. The Morgan fingerprint density at radius 1 is 0.909 bits per heavy atom. The predicted octanol–water partition coefficient (Wildman–Crippen LogP) is 1.28. The van der Waals surface area contributed by atoms with E-state index in [1.54, 1.807) is 12.0 Å². The van der Waals surface area contributed by atoms with Gasteiger partial charge >= 0.3 is 0 Å². The summed E-state index contributed by atoms with van der Waals surface area (Å²) >= 11 is 0. The summed E-state index contributed by atoms with van der Waals surface area (Å²) < 4.78 is 10.6. The summed E-state index contributed by atoms with van der Waals surface area (Å²) in [4.78, 5) is 33.4. The fraction of sp³-hybridized carbons (Fsp3) is 0.520. The normalized spacial score (nSPS) is 17.8. The third-order valence-corrected chi connectivity index (χ3v) is 6.50. The summed E-state index contributed by atoms with van der Waals surface area (Å²) in [5.74, 6) is 1.11. The van der Waals surface area contributed by atoms with Crippen molar-refractivity contribution in [3.63, 3.8) is 0 Å². The molecule has 0 unspecified atom stereocenters. The molecule has 0 radical (unpaired) electrons. The molecule has 0 atom stereocenters. The quantitative estimate of drug-likeness (QED) is 0.628. The molecule has 2 aromatic rings. The Balaban J connectivity index is 1.23. The van der Waals surface area contributed by atoms with Crippen LogP contribution >= 0.6 is 0 Å². The van der Waals surface area contributed by atoms with Gasteiger partial charge in [-0.25, -0.2) is 0 Å². The highest BCUT2D eigenvalue weighted by Crippen LogP contribution is 2.22. The van der Waals surface area contributed by atoms with Crippen LogP contribution in [-0.2, 0) is 20.9 Å². The molecule has 0 spiro atoms. The number of morpholine rings is 1. The molecular formula is C25H34N4O4. The number of amides is 2. The van der Waals surface area contributed by atoms with Crippen LogP contribution in [0.4, 0.5) is 0 Å². The van der Waals surface area contributed by atoms with Crippen molar-refractivity contribution < 1.29 is 19.1 Å². The second-order valence-electron chi connectivity index (χ2n) is 8.84.